The lowest BCUT2D eigenvalue weighted by Gasteiger charge is -2.16. The minimum absolute atomic E-state index is 0.184. The number of nitrogens with zero attached hydrogens (tertiary/aromatic N) is 2. The molecule has 0 fully saturated rings. The maximum atomic E-state index is 12.6. The number of hydrogen-bond acceptors (Lipinski definition) is 5. The summed E-state index contributed by atoms with van der Waals surface area (Å²) in [5.41, 5.74) is 1.94. The highest BCUT2D eigenvalue weighted by molar-refractivity contribution is 5.83. The molecule has 30 heavy (non-hydrogen) atoms. The Morgan fingerprint density at radius 3 is 2.57 bits per heavy atom. The fraction of sp³-hybridized carbons (Fsp3) is 0.318. The molecule has 0 aliphatic heterocycles. The number of alkyl halides is 3. The maximum Gasteiger partial charge on any atom is 0.416 e. The highest BCUT2D eigenvalue weighted by Gasteiger charge is 2.30. The normalized spacial score (nSPS) is 13.9. The van der Waals surface area contributed by atoms with Crippen LogP contribution in [0.4, 0.5) is 13.2 Å². The highest BCUT2D eigenvalue weighted by atomic mass is 19.4. The van der Waals surface area contributed by atoms with E-state index in [4.69, 9.17) is 9.15 Å². The van der Waals surface area contributed by atoms with Crippen LogP contribution in [0.3, 0.4) is 0 Å². The number of carbonyl (C=O) groups excluding carboxylic acids is 1. The summed E-state index contributed by atoms with van der Waals surface area (Å²) in [4.78, 5) is 11.5. The van der Waals surface area contributed by atoms with E-state index >= 15 is 0 Å². The first-order valence-corrected chi connectivity index (χ1v) is 9.65. The van der Waals surface area contributed by atoms with Gasteiger partial charge >= 0.3 is 6.18 Å². The third kappa shape index (κ3) is 4.69. The van der Waals surface area contributed by atoms with Gasteiger partial charge < -0.3 is 9.15 Å². The Hall–Kier alpha value is -3.16. The first-order valence-electron chi connectivity index (χ1n) is 9.65. The number of ketones is 1. The predicted octanol–water partition coefficient (Wildman–Crippen LogP) is 4.82. The summed E-state index contributed by atoms with van der Waals surface area (Å²) in [6, 6.07) is 10.4. The molecule has 0 amide bonds. The standard InChI is InChI=1S/C22H19F3N2O3/c23-22(24,25)17-7-3-14(4-8-17)21-27-26-20(30-21)2-1-11-29-19-10-6-15-12-18(28)9-5-16(15)13-19/h3-4,6-8,10,13H,1-2,5,9,11-12H2. The topological polar surface area (TPSA) is 65.2 Å². The van der Waals surface area contributed by atoms with Crippen molar-refractivity contribution < 1.29 is 27.1 Å². The van der Waals surface area contributed by atoms with Crippen LogP contribution < -0.4 is 4.74 Å². The Kier molecular flexibility index (Phi) is 5.57. The molecule has 3 aromatic rings. The molecule has 1 heterocycles. The van der Waals surface area contributed by atoms with E-state index in [1.54, 1.807) is 0 Å². The molecule has 0 bridgehead atoms. The summed E-state index contributed by atoms with van der Waals surface area (Å²) in [6.45, 7) is 0.454. The SMILES string of the molecule is O=C1CCc2cc(OCCCc3nnc(-c4ccc(C(F)(F)F)cc4)o3)ccc2C1. The maximum absolute atomic E-state index is 12.6. The smallest absolute Gasteiger partial charge is 0.416 e. The van der Waals surface area contributed by atoms with Gasteiger partial charge in [-0.05, 0) is 60.4 Å². The minimum Gasteiger partial charge on any atom is -0.494 e. The minimum atomic E-state index is -4.38. The summed E-state index contributed by atoms with van der Waals surface area (Å²) in [5.74, 6) is 1.62. The van der Waals surface area contributed by atoms with Gasteiger partial charge in [-0.2, -0.15) is 13.2 Å². The first-order chi connectivity index (χ1) is 14.4. The molecule has 0 saturated heterocycles. The van der Waals surface area contributed by atoms with Crippen LogP contribution in [-0.4, -0.2) is 22.6 Å². The number of Topliss-reactive ketones (excluding diaryl/α,β-unsaturated/α-hetero) is 1. The van der Waals surface area contributed by atoms with Gasteiger partial charge in [0.2, 0.25) is 11.8 Å². The molecular formula is C22H19F3N2O3. The van der Waals surface area contributed by atoms with E-state index in [1.165, 1.54) is 12.1 Å². The molecule has 0 spiro atoms. The largest absolute Gasteiger partial charge is 0.494 e. The van der Waals surface area contributed by atoms with Gasteiger partial charge in [0.1, 0.15) is 11.5 Å². The van der Waals surface area contributed by atoms with E-state index in [0.717, 1.165) is 35.4 Å². The molecule has 5 nitrogen and oxygen atoms in total. The fourth-order valence-electron chi connectivity index (χ4n) is 3.36. The average Bonchev–Trinajstić information content (AvgIpc) is 3.20. The highest BCUT2D eigenvalue weighted by Crippen LogP contribution is 2.30. The second-order valence-corrected chi connectivity index (χ2v) is 7.17. The van der Waals surface area contributed by atoms with Crippen LogP contribution >= 0.6 is 0 Å². The number of ether oxygens (including phenoxy) is 1. The van der Waals surface area contributed by atoms with Crippen molar-refractivity contribution in [1.29, 1.82) is 0 Å². The van der Waals surface area contributed by atoms with Crippen LogP contribution in [0.15, 0.2) is 46.9 Å². The molecule has 1 aliphatic rings. The zero-order chi connectivity index (χ0) is 21.1. The van der Waals surface area contributed by atoms with E-state index in [-0.39, 0.29) is 11.7 Å². The molecule has 1 aromatic heterocycles. The average molecular weight is 416 g/mol. The van der Waals surface area contributed by atoms with Crippen LogP contribution in [0.2, 0.25) is 0 Å². The van der Waals surface area contributed by atoms with Crippen LogP contribution in [0.5, 0.6) is 5.75 Å². The van der Waals surface area contributed by atoms with E-state index in [1.807, 2.05) is 18.2 Å². The molecular weight excluding hydrogens is 397 g/mol. The third-order valence-electron chi connectivity index (χ3n) is 4.97. The van der Waals surface area contributed by atoms with Crippen molar-refractivity contribution in [2.75, 3.05) is 6.61 Å². The Bertz CT molecular complexity index is 1040. The number of benzene rings is 2. The number of aromatic nitrogens is 2. The number of carbonyl (C=O) groups is 1. The van der Waals surface area contributed by atoms with Crippen molar-refractivity contribution in [2.24, 2.45) is 0 Å². The van der Waals surface area contributed by atoms with Crippen molar-refractivity contribution in [2.45, 2.75) is 38.3 Å². The van der Waals surface area contributed by atoms with Crippen molar-refractivity contribution >= 4 is 5.78 Å². The van der Waals surface area contributed by atoms with Crippen LogP contribution in [0, 0.1) is 0 Å². The molecule has 0 N–H and O–H groups in total. The lowest BCUT2D eigenvalue weighted by molar-refractivity contribution is -0.137. The molecule has 0 atom stereocenters. The van der Waals surface area contributed by atoms with Crippen molar-refractivity contribution in [3.8, 4) is 17.2 Å². The van der Waals surface area contributed by atoms with Crippen molar-refractivity contribution in [3.63, 3.8) is 0 Å². The predicted molar refractivity (Wildman–Crippen MR) is 102 cm³/mol. The van der Waals surface area contributed by atoms with E-state index < -0.39 is 11.7 Å². The number of rotatable bonds is 6. The molecule has 0 radical (unpaired) electrons. The molecule has 1 aliphatic carbocycles. The van der Waals surface area contributed by atoms with Gasteiger partial charge in [0.05, 0.1) is 12.2 Å². The molecule has 0 unspecified atom stereocenters. The summed E-state index contributed by atoms with van der Waals surface area (Å²) in [5, 5.41) is 7.85. The summed E-state index contributed by atoms with van der Waals surface area (Å²) < 4.78 is 49.2. The molecule has 2 aromatic carbocycles. The zero-order valence-electron chi connectivity index (χ0n) is 16.0. The van der Waals surface area contributed by atoms with E-state index in [2.05, 4.69) is 10.2 Å². The van der Waals surface area contributed by atoms with Crippen LogP contribution in [0.25, 0.3) is 11.5 Å². The van der Waals surface area contributed by atoms with Gasteiger partial charge in [-0.3, -0.25) is 4.79 Å². The molecule has 156 valence electrons. The quantitative estimate of drug-likeness (QED) is 0.539. The van der Waals surface area contributed by atoms with E-state index in [9.17, 15) is 18.0 Å². The zero-order valence-corrected chi connectivity index (χ0v) is 16.0. The Morgan fingerprint density at radius 2 is 1.80 bits per heavy atom. The van der Waals surface area contributed by atoms with Crippen LogP contribution in [0.1, 0.15) is 35.4 Å². The number of halogens is 3. The number of hydrogen-bond donors (Lipinski definition) is 0. The lowest BCUT2D eigenvalue weighted by Crippen LogP contribution is -2.13. The summed E-state index contributed by atoms with van der Waals surface area (Å²) in [7, 11) is 0. The van der Waals surface area contributed by atoms with Crippen LogP contribution in [-0.2, 0) is 30.2 Å². The van der Waals surface area contributed by atoms with Crippen molar-refractivity contribution in [3.05, 3.63) is 65.0 Å². The third-order valence-corrected chi connectivity index (χ3v) is 4.97. The second kappa shape index (κ2) is 8.30. The number of fused-ring (bicyclic) bond motifs is 1. The van der Waals surface area contributed by atoms with Gasteiger partial charge in [0, 0.05) is 24.8 Å². The van der Waals surface area contributed by atoms with Gasteiger partial charge in [-0.25, -0.2) is 0 Å². The number of aryl methyl sites for hydroxylation is 2. The van der Waals surface area contributed by atoms with Gasteiger partial charge in [-0.1, -0.05) is 6.07 Å². The monoisotopic (exact) mass is 416 g/mol. The fourth-order valence-corrected chi connectivity index (χ4v) is 3.36. The van der Waals surface area contributed by atoms with Gasteiger partial charge in [0.15, 0.2) is 0 Å². The second-order valence-electron chi connectivity index (χ2n) is 7.17. The molecule has 4 rings (SSSR count). The summed E-state index contributed by atoms with van der Waals surface area (Å²) in [6.07, 6.45) is -1.42. The Balaban J connectivity index is 1.28. The van der Waals surface area contributed by atoms with Gasteiger partial charge in [-0.15, -0.1) is 10.2 Å². The Morgan fingerprint density at radius 1 is 1.00 bits per heavy atom. The summed E-state index contributed by atoms with van der Waals surface area (Å²) >= 11 is 0. The Labute approximate surface area is 170 Å². The van der Waals surface area contributed by atoms with Gasteiger partial charge in [0.25, 0.3) is 0 Å². The van der Waals surface area contributed by atoms with E-state index in [0.29, 0.717) is 43.7 Å². The molecule has 8 heteroatoms. The molecule has 0 saturated carbocycles. The lowest BCUT2D eigenvalue weighted by atomic mass is 9.91. The van der Waals surface area contributed by atoms with Crippen molar-refractivity contribution in [1.82, 2.24) is 10.2 Å². The first kappa shape index (κ1) is 20.1.